The van der Waals surface area contributed by atoms with E-state index in [1.54, 1.807) is 18.2 Å². The Morgan fingerprint density at radius 1 is 1.26 bits per heavy atom. The summed E-state index contributed by atoms with van der Waals surface area (Å²) in [5.41, 5.74) is 1.76. The van der Waals surface area contributed by atoms with Gasteiger partial charge in [0.05, 0.1) is 11.6 Å². The van der Waals surface area contributed by atoms with Gasteiger partial charge in [0.2, 0.25) is 0 Å². The van der Waals surface area contributed by atoms with E-state index in [-0.39, 0.29) is 17.3 Å². The van der Waals surface area contributed by atoms with Gasteiger partial charge in [0.15, 0.2) is 11.6 Å². The van der Waals surface area contributed by atoms with Gasteiger partial charge >= 0.3 is 0 Å². The summed E-state index contributed by atoms with van der Waals surface area (Å²) in [6.45, 7) is 0.563. The second-order valence-corrected chi connectivity index (χ2v) is 4.84. The fourth-order valence-corrected chi connectivity index (χ4v) is 2.06. The first-order valence-electron chi connectivity index (χ1n) is 5.65. The van der Waals surface area contributed by atoms with Crippen LogP contribution in [0.1, 0.15) is 5.56 Å². The van der Waals surface area contributed by atoms with Gasteiger partial charge in [-0.25, -0.2) is 4.39 Å². The van der Waals surface area contributed by atoms with Gasteiger partial charge in [-0.05, 0) is 45.8 Å². The molecule has 5 heteroatoms. The number of benzene rings is 2. The highest BCUT2D eigenvalue weighted by Gasteiger charge is 2.04. The second kappa shape index (κ2) is 5.93. The molecule has 0 heterocycles. The number of phenolic OH excluding ortho intramolecular Hbond substituents is 1. The molecule has 0 saturated heterocycles. The first-order valence-corrected chi connectivity index (χ1v) is 6.44. The summed E-state index contributed by atoms with van der Waals surface area (Å²) < 4.78 is 18.8. The van der Waals surface area contributed by atoms with Crippen LogP contribution >= 0.6 is 15.9 Å². The Hall–Kier alpha value is -1.75. The van der Waals surface area contributed by atoms with E-state index in [1.807, 2.05) is 12.1 Å². The molecular formula is C14H13BrFNO2. The lowest BCUT2D eigenvalue weighted by Crippen LogP contribution is -2.00. The quantitative estimate of drug-likeness (QED) is 0.895. The number of halogens is 2. The van der Waals surface area contributed by atoms with E-state index >= 15 is 0 Å². The summed E-state index contributed by atoms with van der Waals surface area (Å²) >= 11 is 3.26. The average molecular weight is 326 g/mol. The Labute approximate surface area is 119 Å². The van der Waals surface area contributed by atoms with Gasteiger partial charge in [-0.1, -0.05) is 6.07 Å². The van der Waals surface area contributed by atoms with Gasteiger partial charge in [-0.2, -0.15) is 0 Å². The number of methoxy groups -OCH3 is 1. The third-order valence-corrected chi connectivity index (χ3v) is 3.30. The normalized spacial score (nSPS) is 10.3. The summed E-state index contributed by atoms with van der Waals surface area (Å²) in [7, 11) is 1.43. The SMILES string of the molecule is COc1cc(NCc2ccc(O)c(Br)c2)ccc1F. The monoisotopic (exact) mass is 325 g/mol. The van der Waals surface area contributed by atoms with Crippen molar-refractivity contribution in [3.8, 4) is 11.5 Å². The van der Waals surface area contributed by atoms with Crippen LogP contribution in [0.4, 0.5) is 10.1 Å². The Morgan fingerprint density at radius 3 is 2.74 bits per heavy atom. The zero-order chi connectivity index (χ0) is 13.8. The van der Waals surface area contributed by atoms with Crippen LogP contribution in [0.2, 0.25) is 0 Å². The van der Waals surface area contributed by atoms with Gasteiger partial charge < -0.3 is 15.2 Å². The first kappa shape index (κ1) is 13.7. The molecule has 0 fully saturated rings. The molecule has 2 N–H and O–H groups in total. The highest BCUT2D eigenvalue weighted by Crippen LogP contribution is 2.25. The smallest absolute Gasteiger partial charge is 0.165 e. The lowest BCUT2D eigenvalue weighted by atomic mass is 10.2. The maximum absolute atomic E-state index is 13.2. The minimum Gasteiger partial charge on any atom is -0.507 e. The van der Waals surface area contributed by atoms with Gasteiger partial charge in [0.1, 0.15) is 5.75 Å². The number of rotatable bonds is 4. The number of hydrogen-bond donors (Lipinski definition) is 2. The first-order chi connectivity index (χ1) is 9.10. The van der Waals surface area contributed by atoms with Crippen LogP contribution in [0.3, 0.4) is 0 Å². The van der Waals surface area contributed by atoms with Gasteiger partial charge in [0, 0.05) is 18.3 Å². The van der Waals surface area contributed by atoms with Crippen molar-refractivity contribution in [1.82, 2.24) is 0 Å². The zero-order valence-corrected chi connectivity index (χ0v) is 11.9. The molecule has 0 atom stereocenters. The summed E-state index contributed by atoms with van der Waals surface area (Å²) in [6, 6.07) is 9.86. The summed E-state index contributed by atoms with van der Waals surface area (Å²) in [4.78, 5) is 0. The standard InChI is InChI=1S/C14H13BrFNO2/c1-19-14-7-10(3-4-12(14)16)17-8-9-2-5-13(18)11(15)6-9/h2-7,17-18H,8H2,1H3. The molecular weight excluding hydrogens is 313 g/mol. The van der Waals surface area contributed by atoms with Crippen molar-refractivity contribution in [1.29, 1.82) is 0 Å². The summed E-state index contributed by atoms with van der Waals surface area (Å²) in [5.74, 6) is 0.0181. The number of ether oxygens (including phenoxy) is 1. The van der Waals surface area contributed by atoms with Crippen LogP contribution in [-0.4, -0.2) is 12.2 Å². The lowest BCUT2D eigenvalue weighted by Gasteiger charge is -2.09. The molecule has 0 aliphatic rings. The largest absolute Gasteiger partial charge is 0.507 e. The topological polar surface area (TPSA) is 41.5 Å². The van der Waals surface area contributed by atoms with Crippen molar-refractivity contribution in [3.05, 3.63) is 52.3 Å². The van der Waals surface area contributed by atoms with Gasteiger partial charge in [0.25, 0.3) is 0 Å². The Bertz CT molecular complexity index is 590. The highest BCUT2D eigenvalue weighted by molar-refractivity contribution is 9.10. The van der Waals surface area contributed by atoms with Crippen molar-refractivity contribution in [2.24, 2.45) is 0 Å². The molecule has 0 unspecified atom stereocenters. The molecule has 0 aliphatic carbocycles. The number of aromatic hydroxyl groups is 1. The number of hydrogen-bond acceptors (Lipinski definition) is 3. The van der Waals surface area contributed by atoms with Gasteiger partial charge in [-0.3, -0.25) is 0 Å². The van der Waals surface area contributed by atoms with Crippen LogP contribution in [-0.2, 0) is 6.54 Å². The molecule has 0 amide bonds. The lowest BCUT2D eigenvalue weighted by molar-refractivity contribution is 0.387. The molecule has 0 bridgehead atoms. The van der Waals surface area contributed by atoms with Crippen molar-refractivity contribution in [2.75, 3.05) is 12.4 Å². The van der Waals surface area contributed by atoms with Crippen molar-refractivity contribution >= 4 is 21.6 Å². The summed E-state index contributed by atoms with van der Waals surface area (Å²) in [5, 5.41) is 12.6. The van der Waals surface area contributed by atoms with Gasteiger partial charge in [-0.15, -0.1) is 0 Å². The fourth-order valence-electron chi connectivity index (χ4n) is 1.63. The molecule has 0 aromatic heterocycles. The van der Waals surface area contributed by atoms with E-state index in [0.717, 1.165) is 11.3 Å². The minimum atomic E-state index is -0.388. The van der Waals surface area contributed by atoms with E-state index in [0.29, 0.717) is 11.0 Å². The van der Waals surface area contributed by atoms with E-state index in [9.17, 15) is 9.50 Å². The van der Waals surface area contributed by atoms with E-state index in [2.05, 4.69) is 21.2 Å². The van der Waals surface area contributed by atoms with Crippen LogP contribution in [0.25, 0.3) is 0 Å². The highest BCUT2D eigenvalue weighted by atomic mass is 79.9. The Kier molecular flexibility index (Phi) is 4.27. The Balaban J connectivity index is 2.07. The average Bonchev–Trinajstić information content (AvgIpc) is 2.41. The third kappa shape index (κ3) is 3.38. The molecule has 0 spiro atoms. The van der Waals surface area contributed by atoms with Crippen molar-refractivity contribution in [2.45, 2.75) is 6.54 Å². The van der Waals surface area contributed by atoms with E-state index in [1.165, 1.54) is 13.2 Å². The van der Waals surface area contributed by atoms with Crippen LogP contribution in [0, 0.1) is 5.82 Å². The summed E-state index contributed by atoms with van der Waals surface area (Å²) in [6.07, 6.45) is 0. The van der Waals surface area contributed by atoms with Crippen LogP contribution in [0.5, 0.6) is 11.5 Å². The molecule has 2 aromatic rings. The predicted octanol–water partition coefficient (Wildman–Crippen LogP) is 3.91. The third-order valence-electron chi connectivity index (χ3n) is 2.66. The number of nitrogens with one attached hydrogen (secondary N) is 1. The molecule has 2 aromatic carbocycles. The molecule has 100 valence electrons. The van der Waals surface area contributed by atoms with E-state index < -0.39 is 0 Å². The molecule has 2 rings (SSSR count). The van der Waals surface area contributed by atoms with E-state index in [4.69, 9.17) is 4.74 Å². The minimum absolute atomic E-state index is 0.201. The molecule has 0 saturated carbocycles. The Morgan fingerprint density at radius 2 is 2.05 bits per heavy atom. The second-order valence-electron chi connectivity index (χ2n) is 3.99. The van der Waals surface area contributed by atoms with Crippen molar-refractivity contribution < 1.29 is 14.2 Å². The number of phenols is 1. The predicted molar refractivity (Wildman–Crippen MR) is 76.1 cm³/mol. The molecule has 0 aliphatic heterocycles. The molecule has 3 nitrogen and oxygen atoms in total. The number of anilines is 1. The molecule has 0 radical (unpaired) electrons. The zero-order valence-electron chi connectivity index (χ0n) is 10.3. The van der Waals surface area contributed by atoms with Crippen LogP contribution in [0.15, 0.2) is 40.9 Å². The van der Waals surface area contributed by atoms with Crippen molar-refractivity contribution in [3.63, 3.8) is 0 Å². The van der Waals surface area contributed by atoms with Crippen LogP contribution < -0.4 is 10.1 Å². The fraction of sp³-hybridized carbons (Fsp3) is 0.143. The maximum atomic E-state index is 13.2. The molecule has 19 heavy (non-hydrogen) atoms. The maximum Gasteiger partial charge on any atom is 0.165 e.